The minimum absolute atomic E-state index is 0.0376. The van der Waals surface area contributed by atoms with E-state index in [2.05, 4.69) is 11.1 Å². The molecule has 0 aliphatic carbocycles. The lowest BCUT2D eigenvalue weighted by atomic mass is 10.1. The van der Waals surface area contributed by atoms with Crippen molar-refractivity contribution in [1.82, 2.24) is 0 Å². The van der Waals surface area contributed by atoms with Crippen LogP contribution in [-0.2, 0) is 25.8 Å². The second kappa shape index (κ2) is 7.51. The van der Waals surface area contributed by atoms with Gasteiger partial charge in [-0.1, -0.05) is 38.3 Å². The molecular weight excluding hydrogens is 252 g/mol. The predicted octanol–water partition coefficient (Wildman–Crippen LogP) is 2.90. The summed E-state index contributed by atoms with van der Waals surface area (Å²) in [5.41, 5.74) is 1.10. The van der Waals surface area contributed by atoms with Crippen LogP contribution in [-0.4, -0.2) is 15.2 Å². The number of rotatable bonds is 8. The van der Waals surface area contributed by atoms with Crippen LogP contribution in [0.4, 0.5) is 0 Å². The molecule has 1 aromatic rings. The maximum absolute atomic E-state index is 11.4. The molecule has 1 aromatic carbocycles. The quantitative estimate of drug-likeness (QED) is 0.415. The second-order valence-corrected chi connectivity index (χ2v) is 5.76. The van der Waals surface area contributed by atoms with E-state index in [1.807, 2.05) is 0 Å². The monoisotopic (exact) mass is 271 g/mol. The van der Waals surface area contributed by atoms with Crippen LogP contribution in [0, 0.1) is 0 Å². The fraction of sp³-hybridized carbons (Fsp3) is 0.538. The molecule has 1 rings (SSSR count). The van der Waals surface area contributed by atoms with Crippen LogP contribution in [0.2, 0.25) is 0 Å². The van der Waals surface area contributed by atoms with E-state index < -0.39 is 16.9 Å². The van der Waals surface area contributed by atoms with E-state index in [0.717, 1.165) is 18.4 Å². The van der Waals surface area contributed by atoms with Gasteiger partial charge in [-0.15, -0.1) is 0 Å². The fourth-order valence-corrected chi connectivity index (χ4v) is 2.44. The first-order valence-corrected chi connectivity index (χ1v) is 7.57. The lowest BCUT2D eigenvalue weighted by Gasteiger charge is -2.04. The molecule has 0 heterocycles. The van der Waals surface area contributed by atoms with Crippen LogP contribution in [0.3, 0.4) is 0 Å². The molecule has 0 atom stereocenters. The standard InChI is InChI=1S/C13H19O4S/c1-2-3-4-5-6-12-7-9-13(10-8-12)18(15,16)17-11-14/h7-10H,2-6,11H2,1H3. The van der Waals surface area contributed by atoms with Crippen LogP contribution >= 0.6 is 0 Å². The third-order valence-electron chi connectivity index (χ3n) is 2.73. The molecule has 5 heteroatoms. The Balaban J connectivity index is 2.57. The summed E-state index contributed by atoms with van der Waals surface area (Å²) in [6, 6.07) is 6.51. The van der Waals surface area contributed by atoms with E-state index in [1.54, 1.807) is 12.1 Å². The topological polar surface area (TPSA) is 63.3 Å². The number of benzene rings is 1. The highest BCUT2D eigenvalue weighted by molar-refractivity contribution is 7.86. The van der Waals surface area contributed by atoms with Gasteiger partial charge in [-0.25, -0.2) is 9.29 Å². The van der Waals surface area contributed by atoms with Crippen molar-refractivity contribution >= 4 is 10.1 Å². The number of aryl methyl sites for hydroxylation is 1. The van der Waals surface area contributed by atoms with Crippen LogP contribution < -0.4 is 0 Å². The number of unbranched alkanes of at least 4 members (excludes halogenated alkanes) is 3. The Hall–Kier alpha value is -0.910. The summed E-state index contributed by atoms with van der Waals surface area (Å²) in [7, 11) is -3.87. The first-order chi connectivity index (χ1) is 8.60. The first kappa shape index (κ1) is 15.1. The number of hydrogen-bond acceptors (Lipinski definition) is 3. The maximum Gasteiger partial charge on any atom is 0.299 e. The molecule has 0 N–H and O–H groups in total. The van der Waals surface area contributed by atoms with Gasteiger partial charge < -0.3 is 0 Å². The Morgan fingerprint density at radius 1 is 1.06 bits per heavy atom. The molecule has 1 radical (unpaired) electrons. The van der Waals surface area contributed by atoms with Gasteiger partial charge in [0.15, 0.2) is 6.79 Å². The van der Waals surface area contributed by atoms with Gasteiger partial charge in [0.25, 0.3) is 10.1 Å². The van der Waals surface area contributed by atoms with Gasteiger partial charge in [-0.2, -0.15) is 8.42 Å². The fourth-order valence-electron chi connectivity index (χ4n) is 1.71. The summed E-state index contributed by atoms with van der Waals surface area (Å²) in [5.74, 6) is 0. The van der Waals surface area contributed by atoms with E-state index in [9.17, 15) is 13.5 Å². The lowest BCUT2D eigenvalue weighted by Crippen LogP contribution is -2.06. The maximum atomic E-state index is 11.4. The molecule has 0 aromatic heterocycles. The van der Waals surface area contributed by atoms with E-state index in [-0.39, 0.29) is 4.90 Å². The number of hydrogen-bond donors (Lipinski definition) is 0. The minimum atomic E-state index is -3.87. The van der Waals surface area contributed by atoms with Crippen molar-refractivity contribution in [3.63, 3.8) is 0 Å². The predicted molar refractivity (Wildman–Crippen MR) is 68.1 cm³/mol. The highest BCUT2D eigenvalue weighted by Gasteiger charge is 2.14. The normalized spacial score (nSPS) is 11.7. The smallest absolute Gasteiger partial charge is 0.234 e. The average Bonchev–Trinajstić information content (AvgIpc) is 2.35. The Morgan fingerprint density at radius 2 is 1.72 bits per heavy atom. The molecular formula is C13H19O4S. The van der Waals surface area contributed by atoms with Crippen molar-refractivity contribution < 1.29 is 17.7 Å². The SMILES string of the molecule is CCCCCCc1ccc(S(=O)(=O)OC[O])cc1. The first-order valence-electron chi connectivity index (χ1n) is 6.16. The summed E-state index contributed by atoms with van der Waals surface area (Å²) in [6.07, 6.45) is 5.67. The van der Waals surface area contributed by atoms with Crippen LogP contribution in [0.1, 0.15) is 38.2 Å². The third kappa shape index (κ3) is 4.76. The summed E-state index contributed by atoms with van der Waals surface area (Å²) < 4.78 is 27.0. The largest absolute Gasteiger partial charge is 0.299 e. The zero-order valence-corrected chi connectivity index (χ0v) is 11.4. The Bertz CT molecular complexity index is 437. The molecule has 0 saturated heterocycles. The van der Waals surface area contributed by atoms with Gasteiger partial charge >= 0.3 is 0 Å². The second-order valence-electron chi connectivity index (χ2n) is 4.14. The Labute approximate surface area is 109 Å². The van der Waals surface area contributed by atoms with E-state index in [0.29, 0.717) is 0 Å². The van der Waals surface area contributed by atoms with Gasteiger partial charge in [-0.3, -0.25) is 0 Å². The van der Waals surface area contributed by atoms with Gasteiger partial charge in [0, 0.05) is 0 Å². The van der Waals surface area contributed by atoms with Crippen molar-refractivity contribution in [2.45, 2.75) is 43.9 Å². The van der Waals surface area contributed by atoms with Gasteiger partial charge in [0.05, 0.1) is 4.90 Å². The van der Waals surface area contributed by atoms with E-state index in [1.165, 1.54) is 31.4 Å². The molecule has 18 heavy (non-hydrogen) atoms. The van der Waals surface area contributed by atoms with Gasteiger partial charge in [-0.05, 0) is 30.5 Å². The summed E-state index contributed by atoms with van der Waals surface area (Å²) in [6.45, 7) is 1.08. The van der Waals surface area contributed by atoms with Crippen molar-refractivity contribution in [2.24, 2.45) is 0 Å². The Kier molecular flexibility index (Phi) is 6.32. The van der Waals surface area contributed by atoms with Gasteiger partial charge in [0.2, 0.25) is 0 Å². The van der Waals surface area contributed by atoms with Crippen molar-refractivity contribution in [3.8, 4) is 0 Å². The molecule has 0 spiro atoms. The molecule has 0 unspecified atom stereocenters. The van der Waals surface area contributed by atoms with E-state index >= 15 is 0 Å². The molecule has 0 fully saturated rings. The highest BCUT2D eigenvalue weighted by Crippen LogP contribution is 2.15. The summed E-state index contributed by atoms with van der Waals surface area (Å²) >= 11 is 0. The molecule has 0 bridgehead atoms. The average molecular weight is 271 g/mol. The minimum Gasteiger partial charge on any atom is -0.234 e. The Morgan fingerprint density at radius 3 is 2.28 bits per heavy atom. The van der Waals surface area contributed by atoms with E-state index in [4.69, 9.17) is 0 Å². The van der Waals surface area contributed by atoms with Crippen LogP contribution in [0.5, 0.6) is 0 Å². The molecule has 101 valence electrons. The highest BCUT2D eigenvalue weighted by atomic mass is 32.2. The van der Waals surface area contributed by atoms with Gasteiger partial charge in [0.1, 0.15) is 0 Å². The summed E-state index contributed by atoms with van der Waals surface area (Å²) in [4.78, 5) is 0.0376. The molecule has 0 aliphatic heterocycles. The van der Waals surface area contributed by atoms with Crippen LogP contribution in [0.15, 0.2) is 29.2 Å². The zero-order chi connectivity index (χ0) is 13.4. The molecule has 0 aliphatic rings. The summed E-state index contributed by atoms with van der Waals surface area (Å²) in [5, 5.41) is 10.2. The van der Waals surface area contributed by atoms with Crippen LogP contribution in [0.25, 0.3) is 0 Å². The van der Waals surface area contributed by atoms with Crippen molar-refractivity contribution in [2.75, 3.05) is 6.79 Å². The molecule has 0 amide bonds. The zero-order valence-electron chi connectivity index (χ0n) is 10.6. The van der Waals surface area contributed by atoms with Crippen molar-refractivity contribution in [1.29, 1.82) is 0 Å². The molecule has 4 nitrogen and oxygen atoms in total. The third-order valence-corrected chi connectivity index (χ3v) is 3.99. The molecule has 0 saturated carbocycles. The lowest BCUT2D eigenvalue weighted by molar-refractivity contribution is 0.0427. The van der Waals surface area contributed by atoms with Crippen molar-refractivity contribution in [3.05, 3.63) is 29.8 Å².